The summed E-state index contributed by atoms with van der Waals surface area (Å²) in [4.78, 5) is 0. The Bertz CT molecular complexity index is 275. The molecule has 0 spiro atoms. The molecule has 0 amide bonds. The Kier molecular flexibility index (Phi) is 2.62. The quantitative estimate of drug-likeness (QED) is 0.814. The van der Waals surface area contributed by atoms with Gasteiger partial charge in [0.25, 0.3) is 0 Å². The molecule has 0 aliphatic rings. The number of phenolic OH excluding ortho intramolecular Hbond substituents is 1. The zero-order chi connectivity index (χ0) is 8.43. The summed E-state index contributed by atoms with van der Waals surface area (Å²) in [6, 6.07) is 3.03. The van der Waals surface area contributed by atoms with E-state index in [1.165, 1.54) is 13.2 Å². The van der Waals surface area contributed by atoms with Gasteiger partial charge < -0.3 is 9.84 Å². The molecule has 0 atom stereocenters. The first kappa shape index (κ1) is 8.68. The molecule has 0 unspecified atom stereocenters. The van der Waals surface area contributed by atoms with Gasteiger partial charge in [-0.1, -0.05) is 11.6 Å². The largest absolute Gasteiger partial charge is 0.506 e. The van der Waals surface area contributed by atoms with E-state index in [1.807, 2.05) is 0 Å². The number of aromatic hydroxyl groups is 1. The third-order valence-corrected chi connectivity index (χ3v) is 2.14. The zero-order valence-electron chi connectivity index (χ0n) is 5.77. The minimum atomic E-state index is 0.0201. The van der Waals surface area contributed by atoms with Crippen LogP contribution in [0.25, 0.3) is 0 Å². The Morgan fingerprint density at radius 1 is 1.55 bits per heavy atom. The first-order chi connectivity index (χ1) is 5.15. The molecule has 1 N–H and O–H groups in total. The standard InChI is InChI=1S/C7H6BrClO2/c1-11-7-3-6(10)5(9)2-4(7)8/h2-3,10H,1H3. The Morgan fingerprint density at radius 3 is 2.73 bits per heavy atom. The van der Waals surface area contributed by atoms with Gasteiger partial charge in [0.2, 0.25) is 0 Å². The van der Waals surface area contributed by atoms with E-state index < -0.39 is 0 Å². The molecule has 1 aromatic rings. The Labute approximate surface area is 77.9 Å². The normalized spacial score (nSPS) is 9.73. The number of methoxy groups -OCH3 is 1. The van der Waals surface area contributed by atoms with E-state index in [1.54, 1.807) is 6.07 Å². The molecule has 0 fully saturated rings. The summed E-state index contributed by atoms with van der Waals surface area (Å²) in [5.74, 6) is 0.582. The first-order valence-corrected chi connectivity index (χ1v) is 4.04. The summed E-state index contributed by atoms with van der Waals surface area (Å²) >= 11 is 8.83. The van der Waals surface area contributed by atoms with E-state index in [-0.39, 0.29) is 5.75 Å². The molecule has 0 saturated carbocycles. The molecule has 60 valence electrons. The highest BCUT2D eigenvalue weighted by Gasteiger charge is 2.04. The number of ether oxygens (including phenoxy) is 1. The maximum Gasteiger partial charge on any atom is 0.137 e. The van der Waals surface area contributed by atoms with Crippen molar-refractivity contribution in [2.75, 3.05) is 7.11 Å². The number of rotatable bonds is 1. The fourth-order valence-corrected chi connectivity index (χ4v) is 1.48. The van der Waals surface area contributed by atoms with Crippen LogP contribution in [0.1, 0.15) is 0 Å². The van der Waals surface area contributed by atoms with Crippen molar-refractivity contribution >= 4 is 27.5 Å². The van der Waals surface area contributed by atoms with Crippen LogP contribution >= 0.6 is 27.5 Å². The number of benzene rings is 1. The molecular weight excluding hydrogens is 231 g/mol. The van der Waals surface area contributed by atoms with E-state index in [2.05, 4.69) is 15.9 Å². The van der Waals surface area contributed by atoms with E-state index in [4.69, 9.17) is 21.4 Å². The Balaban J connectivity index is 3.21. The maximum absolute atomic E-state index is 9.12. The van der Waals surface area contributed by atoms with Crippen LogP contribution in [0, 0.1) is 0 Å². The average Bonchev–Trinajstić information content (AvgIpc) is 1.97. The molecule has 0 saturated heterocycles. The van der Waals surface area contributed by atoms with Gasteiger partial charge in [0.05, 0.1) is 16.6 Å². The van der Waals surface area contributed by atoms with E-state index in [9.17, 15) is 0 Å². The summed E-state index contributed by atoms with van der Waals surface area (Å²) in [7, 11) is 1.52. The summed E-state index contributed by atoms with van der Waals surface area (Å²) in [5, 5.41) is 9.43. The van der Waals surface area contributed by atoms with Crippen LogP contribution in [0.3, 0.4) is 0 Å². The molecular formula is C7H6BrClO2. The fourth-order valence-electron chi connectivity index (χ4n) is 0.675. The van der Waals surface area contributed by atoms with Gasteiger partial charge in [-0.05, 0) is 22.0 Å². The molecule has 2 nitrogen and oxygen atoms in total. The number of phenols is 1. The van der Waals surface area contributed by atoms with Crippen molar-refractivity contribution in [3.63, 3.8) is 0 Å². The molecule has 1 aromatic carbocycles. The van der Waals surface area contributed by atoms with Crippen molar-refractivity contribution in [2.45, 2.75) is 0 Å². The molecule has 0 aliphatic carbocycles. The van der Waals surface area contributed by atoms with Crippen LogP contribution in [0.5, 0.6) is 11.5 Å². The monoisotopic (exact) mass is 236 g/mol. The molecule has 11 heavy (non-hydrogen) atoms. The van der Waals surface area contributed by atoms with Crippen molar-refractivity contribution in [3.05, 3.63) is 21.6 Å². The van der Waals surface area contributed by atoms with Gasteiger partial charge in [-0.3, -0.25) is 0 Å². The lowest BCUT2D eigenvalue weighted by atomic mass is 10.3. The van der Waals surface area contributed by atoms with Crippen LogP contribution < -0.4 is 4.74 Å². The predicted octanol–water partition coefficient (Wildman–Crippen LogP) is 2.82. The minimum absolute atomic E-state index is 0.0201. The molecule has 0 aliphatic heterocycles. The summed E-state index contributed by atoms with van der Waals surface area (Å²) in [6.07, 6.45) is 0. The molecule has 0 aromatic heterocycles. The molecule has 0 heterocycles. The maximum atomic E-state index is 9.12. The van der Waals surface area contributed by atoms with Gasteiger partial charge in [0, 0.05) is 6.07 Å². The van der Waals surface area contributed by atoms with Crippen molar-refractivity contribution in [1.82, 2.24) is 0 Å². The van der Waals surface area contributed by atoms with Gasteiger partial charge >= 0.3 is 0 Å². The second-order valence-corrected chi connectivity index (χ2v) is 3.20. The van der Waals surface area contributed by atoms with Crippen LogP contribution in [-0.2, 0) is 0 Å². The Morgan fingerprint density at radius 2 is 2.18 bits per heavy atom. The Hall–Kier alpha value is -0.410. The van der Waals surface area contributed by atoms with Crippen LogP contribution in [0.2, 0.25) is 5.02 Å². The van der Waals surface area contributed by atoms with Gasteiger partial charge in [-0.15, -0.1) is 0 Å². The van der Waals surface area contributed by atoms with E-state index in [0.717, 1.165) is 4.47 Å². The summed E-state index contributed by atoms with van der Waals surface area (Å²) in [5.41, 5.74) is 0. The smallest absolute Gasteiger partial charge is 0.137 e. The van der Waals surface area contributed by atoms with Crippen LogP contribution in [-0.4, -0.2) is 12.2 Å². The second kappa shape index (κ2) is 3.32. The van der Waals surface area contributed by atoms with Crippen molar-refractivity contribution in [1.29, 1.82) is 0 Å². The fraction of sp³-hybridized carbons (Fsp3) is 0.143. The van der Waals surface area contributed by atoms with Gasteiger partial charge in [0.15, 0.2) is 0 Å². The van der Waals surface area contributed by atoms with Gasteiger partial charge in [-0.2, -0.15) is 0 Å². The molecule has 0 radical (unpaired) electrons. The third kappa shape index (κ3) is 1.79. The van der Waals surface area contributed by atoms with Crippen LogP contribution in [0.15, 0.2) is 16.6 Å². The molecule has 4 heteroatoms. The second-order valence-electron chi connectivity index (χ2n) is 1.94. The van der Waals surface area contributed by atoms with Crippen molar-refractivity contribution in [2.24, 2.45) is 0 Å². The number of hydrogen-bond acceptors (Lipinski definition) is 2. The van der Waals surface area contributed by atoms with Crippen LogP contribution in [0.4, 0.5) is 0 Å². The average molecular weight is 237 g/mol. The molecule has 0 bridgehead atoms. The molecule has 1 rings (SSSR count). The van der Waals surface area contributed by atoms with E-state index >= 15 is 0 Å². The summed E-state index contributed by atoms with van der Waals surface area (Å²) < 4.78 is 5.64. The minimum Gasteiger partial charge on any atom is -0.506 e. The van der Waals surface area contributed by atoms with E-state index in [0.29, 0.717) is 10.8 Å². The highest BCUT2D eigenvalue weighted by Crippen LogP contribution is 2.34. The lowest BCUT2D eigenvalue weighted by Crippen LogP contribution is -1.83. The number of hydrogen-bond donors (Lipinski definition) is 1. The third-order valence-electron chi connectivity index (χ3n) is 1.22. The highest BCUT2D eigenvalue weighted by molar-refractivity contribution is 9.10. The van der Waals surface area contributed by atoms with Gasteiger partial charge in [-0.25, -0.2) is 0 Å². The zero-order valence-corrected chi connectivity index (χ0v) is 8.11. The van der Waals surface area contributed by atoms with Crippen molar-refractivity contribution < 1.29 is 9.84 Å². The topological polar surface area (TPSA) is 29.5 Å². The van der Waals surface area contributed by atoms with Crippen molar-refractivity contribution in [3.8, 4) is 11.5 Å². The van der Waals surface area contributed by atoms with Gasteiger partial charge in [0.1, 0.15) is 11.5 Å². The lowest BCUT2D eigenvalue weighted by Gasteiger charge is -2.04. The lowest BCUT2D eigenvalue weighted by molar-refractivity contribution is 0.405. The first-order valence-electron chi connectivity index (χ1n) is 2.87. The highest BCUT2D eigenvalue weighted by atomic mass is 79.9. The number of halogens is 2. The summed E-state index contributed by atoms with van der Waals surface area (Å²) in [6.45, 7) is 0. The SMILES string of the molecule is COc1cc(O)c(Cl)cc1Br. The predicted molar refractivity (Wildman–Crippen MR) is 47.4 cm³/mol.